The molecule has 0 atom stereocenters. The Kier molecular flexibility index (Phi) is 7.98. The van der Waals surface area contributed by atoms with Crippen molar-refractivity contribution < 1.29 is 0 Å². The average Bonchev–Trinajstić information content (AvgIpc) is 3.81. The summed E-state index contributed by atoms with van der Waals surface area (Å²) in [5.74, 6) is 0. The molecule has 0 fully saturated rings. The van der Waals surface area contributed by atoms with E-state index in [1.807, 2.05) is 11.3 Å². The number of rotatable bonds is 7. The van der Waals surface area contributed by atoms with E-state index >= 15 is 0 Å². The van der Waals surface area contributed by atoms with Gasteiger partial charge in [-0.1, -0.05) is 176 Å². The van der Waals surface area contributed by atoms with Gasteiger partial charge in [-0.05, 0) is 104 Å². The summed E-state index contributed by atoms with van der Waals surface area (Å²) in [6.07, 6.45) is 0. The van der Waals surface area contributed by atoms with E-state index in [-0.39, 0.29) is 0 Å². The second-order valence-electron chi connectivity index (χ2n) is 14.8. The van der Waals surface area contributed by atoms with Gasteiger partial charge in [-0.15, -0.1) is 11.3 Å². The fraction of sp³-hybridized carbons (Fsp3) is 0.0182. The molecule has 0 spiro atoms. The van der Waals surface area contributed by atoms with Crippen LogP contribution >= 0.6 is 11.3 Å². The fourth-order valence-corrected chi connectivity index (χ4v) is 10.3. The van der Waals surface area contributed by atoms with Crippen molar-refractivity contribution in [2.45, 2.75) is 5.41 Å². The van der Waals surface area contributed by atoms with Crippen molar-refractivity contribution in [1.29, 1.82) is 0 Å². The highest BCUT2D eigenvalue weighted by Crippen LogP contribution is 2.59. The molecule has 268 valence electrons. The molecule has 1 aliphatic rings. The molecule has 0 aliphatic heterocycles. The van der Waals surface area contributed by atoms with Crippen molar-refractivity contribution >= 4 is 48.6 Å². The first-order chi connectivity index (χ1) is 28.3. The van der Waals surface area contributed by atoms with Crippen molar-refractivity contribution in [2.24, 2.45) is 0 Å². The molecule has 1 nitrogen and oxygen atoms in total. The van der Waals surface area contributed by atoms with Crippen LogP contribution in [0, 0.1) is 0 Å². The molecule has 10 aromatic rings. The van der Waals surface area contributed by atoms with Gasteiger partial charge < -0.3 is 4.90 Å². The highest BCUT2D eigenvalue weighted by atomic mass is 32.1. The summed E-state index contributed by atoms with van der Waals surface area (Å²) < 4.78 is 2.60. The normalized spacial score (nSPS) is 12.7. The van der Waals surface area contributed by atoms with Gasteiger partial charge in [-0.25, -0.2) is 0 Å². The molecule has 0 bridgehead atoms. The van der Waals surface area contributed by atoms with Crippen LogP contribution in [0.3, 0.4) is 0 Å². The van der Waals surface area contributed by atoms with Gasteiger partial charge in [0, 0.05) is 37.2 Å². The minimum absolute atomic E-state index is 0.551. The maximum Gasteiger partial charge on any atom is 0.0714 e. The molecular weight excluding hydrogens is 707 g/mol. The van der Waals surface area contributed by atoms with Crippen molar-refractivity contribution in [3.8, 4) is 33.4 Å². The van der Waals surface area contributed by atoms with E-state index in [0.29, 0.717) is 0 Å². The van der Waals surface area contributed by atoms with Crippen LogP contribution in [0.2, 0.25) is 0 Å². The van der Waals surface area contributed by atoms with Gasteiger partial charge in [0.1, 0.15) is 0 Å². The lowest BCUT2D eigenvalue weighted by molar-refractivity contribution is 0.768. The SMILES string of the molecule is c1ccc(-c2ccc(N(c3ccc4c(c3)C(c3ccccc3)(c3ccccc3)c3cccc(-c5ccccc5)c3-4)c3ccc4sc5ccccc5c4c3)cc2)cc1. The summed E-state index contributed by atoms with van der Waals surface area (Å²) in [5, 5.41) is 2.58. The van der Waals surface area contributed by atoms with Gasteiger partial charge in [0.05, 0.1) is 5.41 Å². The molecule has 2 heteroatoms. The number of hydrogen-bond donors (Lipinski definition) is 0. The number of benzene rings is 9. The Labute approximate surface area is 337 Å². The predicted molar refractivity (Wildman–Crippen MR) is 242 cm³/mol. The molecule has 0 N–H and O–H groups in total. The van der Waals surface area contributed by atoms with Crippen LogP contribution in [0.1, 0.15) is 22.3 Å². The largest absolute Gasteiger partial charge is 0.310 e. The minimum Gasteiger partial charge on any atom is -0.310 e. The molecule has 0 saturated heterocycles. The van der Waals surface area contributed by atoms with Crippen molar-refractivity contribution in [3.05, 3.63) is 247 Å². The monoisotopic (exact) mass is 743 g/mol. The Balaban J connectivity index is 1.19. The van der Waals surface area contributed by atoms with E-state index in [9.17, 15) is 0 Å². The minimum atomic E-state index is -0.551. The van der Waals surface area contributed by atoms with Crippen LogP contribution in [0.25, 0.3) is 53.6 Å². The third kappa shape index (κ3) is 5.37. The molecule has 0 saturated carbocycles. The van der Waals surface area contributed by atoms with E-state index < -0.39 is 5.41 Å². The molecular formula is C55H37NS. The van der Waals surface area contributed by atoms with E-state index in [1.165, 1.54) is 75.8 Å². The molecule has 11 rings (SSSR count). The molecule has 1 aromatic heterocycles. The standard InChI is InChI=1S/C55H37NS/c1-5-16-38(17-6-1)39-28-30-43(31-29-39)56(44-33-35-53-49(36-44)47-24-13-14-27-52(47)57-53)45-32-34-48-51(37-45)55(41-20-9-3-10-21-41,42-22-11-4-12-23-42)50-26-15-25-46(54(48)50)40-18-7-2-8-19-40/h1-37H. The highest BCUT2D eigenvalue weighted by molar-refractivity contribution is 7.25. The summed E-state index contributed by atoms with van der Waals surface area (Å²) in [6.45, 7) is 0. The topological polar surface area (TPSA) is 3.24 Å². The third-order valence-corrected chi connectivity index (χ3v) is 12.9. The van der Waals surface area contributed by atoms with Crippen LogP contribution in [-0.2, 0) is 5.41 Å². The molecule has 1 heterocycles. The maximum absolute atomic E-state index is 2.48. The lowest BCUT2D eigenvalue weighted by Crippen LogP contribution is -2.28. The van der Waals surface area contributed by atoms with Crippen LogP contribution in [-0.4, -0.2) is 0 Å². The van der Waals surface area contributed by atoms with Crippen LogP contribution in [0.5, 0.6) is 0 Å². The summed E-state index contributed by atoms with van der Waals surface area (Å²) >= 11 is 1.86. The van der Waals surface area contributed by atoms with Gasteiger partial charge in [0.2, 0.25) is 0 Å². The van der Waals surface area contributed by atoms with Crippen molar-refractivity contribution in [2.75, 3.05) is 4.90 Å². The van der Waals surface area contributed by atoms with Gasteiger partial charge in [-0.2, -0.15) is 0 Å². The zero-order chi connectivity index (χ0) is 37.8. The van der Waals surface area contributed by atoms with Gasteiger partial charge in [-0.3, -0.25) is 0 Å². The summed E-state index contributed by atoms with van der Waals surface area (Å²) in [4.78, 5) is 2.45. The Bertz CT molecular complexity index is 3000. The predicted octanol–water partition coefficient (Wildman–Crippen LogP) is 15.2. The average molecular weight is 744 g/mol. The molecule has 0 amide bonds. The van der Waals surface area contributed by atoms with Crippen molar-refractivity contribution in [1.82, 2.24) is 0 Å². The van der Waals surface area contributed by atoms with Gasteiger partial charge >= 0.3 is 0 Å². The quantitative estimate of drug-likeness (QED) is 0.157. The number of nitrogens with zero attached hydrogens (tertiary/aromatic N) is 1. The first kappa shape index (κ1) is 33.3. The Hall–Kier alpha value is -7.00. The lowest BCUT2D eigenvalue weighted by Gasteiger charge is -2.35. The second kappa shape index (κ2) is 13.6. The first-order valence-corrected chi connectivity index (χ1v) is 20.4. The Morgan fingerprint density at radius 3 is 1.58 bits per heavy atom. The Morgan fingerprint density at radius 1 is 0.333 bits per heavy atom. The van der Waals surface area contributed by atoms with Crippen molar-refractivity contribution in [3.63, 3.8) is 0 Å². The molecule has 0 unspecified atom stereocenters. The first-order valence-electron chi connectivity index (χ1n) is 19.6. The smallest absolute Gasteiger partial charge is 0.0714 e. The Morgan fingerprint density at radius 2 is 0.877 bits per heavy atom. The van der Waals surface area contributed by atoms with Crippen LogP contribution < -0.4 is 4.90 Å². The molecule has 0 radical (unpaired) electrons. The van der Waals surface area contributed by atoms with Gasteiger partial charge in [0.25, 0.3) is 0 Å². The summed E-state index contributed by atoms with van der Waals surface area (Å²) in [5.41, 5.74) is 15.3. The molecule has 9 aromatic carbocycles. The zero-order valence-electron chi connectivity index (χ0n) is 31.2. The molecule has 1 aliphatic carbocycles. The van der Waals surface area contributed by atoms with E-state index in [2.05, 4.69) is 229 Å². The van der Waals surface area contributed by atoms with Crippen LogP contribution in [0.4, 0.5) is 17.1 Å². The molecule has 57 heavy (non-hydrogen) atoms. The van der Waals surface area contributed by atoms with E-state index in [1.54, 1.807) is 0 Å². The number of thiophene rings is 1. The third-order valence-electron chi connectivity index (χ3n) is 11.8. The number of fused-ring (bicyclic) bond motifs is 6. The lowest BCUT2D eigenvalue weighted by atomic mass is 9.67. The van der Waals surface area contributed by atoms with Crippen LogP contribution in [0.15, 0.2) is 224 Å². The second-order valence-corrected chi connectivity index (χ2v) is 15.9. The number of anilines is 3. The van der Waals surface area contributed by atoms with Gasteiger partial charge in [0.15, 0.2) is 0 Å². The zero-order valence-corrected chi connectivity index (χ0v) is 32.0. The maximum atomic E-state index is 2.48. The summed E-state index contributed by atoms with van der Waals surface area (Å²) in [6, 6.07) is 82.6. The highest BCUT2D eigenvalue weighted by Gasteiger charge is 2.47. The summed E-state index contributed by atoms with van der Waals surface area (Å²) in [7, 11) is 0. The number of hydrogen-bond acceptors (Lipinski definition) is 2. The van der Waals surface area contributed by atoms with E-state index in [0.717, 1.165) is 17.1 Å². The fourth-order valence-electron chi connectivity index (χ4n) is 9.26. The van der Waals surface area contributed by atoms with E-state index in [4.69, 9.17) is 0 Å².